The molecule has 0 saturated heterocycles. The summed E-state index contributed by atoms with van der Waals surface area (Å²) in [5.41, 5.74) is 5.24. The second kappa shape index (κ2) is 8.62. The molecular weight excluding hydrogens is 146 g/mol. The molecule has 70 valence electrons. The number of nitrogens with two attached hydrogens (primary N) is 1. The summed E-state index contributed by atoms with van der Waals surface area (Å²) in [6, 6.07) is 0. The van der Waals surface area contributed by atoms with Gasteiger partial charge in [-0.2, -0.15) is 0 Å². The van der Waals surface area contributed by atoms with Gasteiger partial charge in [-0.05, 0) is 12.3 Å². The lowest BCUT2D eigenvalue weighted by molar-refractivity contribution is 0.530. The zero-order valence-electron chi connectivity index (χ0n) is 8.40. The summed E-state index contributed by atoms with van der Waals surface area (Å²) in [6.07, 6.45) is 6.28. The molecule has 0 aromatic carbocycles. The van der Waals surface area contributed by atoms with Gasteiger partial charge in [-0.25, -0.2) is 0 Å². The number of unbranched alkanes of at least 4 members (excludes halogenated alkanes) is 3. The molecule has 0 heterocycles. The van der Waals surface area contributed by atoms with Crippen molar-refractivity contribution in [2.75, 3.05) is 6.54 Å². The van der Waals surface area contributed by atoms with Gasteiger partial charge in [0.2, 0.25) is 0 Å². The Morgan fingerprint density at radius 3 is 2.42 bits per heavy atom. The van der Waals surface area contributed by atoms with Gasteiger partial charge in [0, 0.05) is 6.42 Å². The highest BCUT2D eigenvalue weighted by Gasteiger charge is 1.92. The van der Waals surface area contributed by atoms with Crippen LogP contribution in [0.1, 0.15) is 46.0 Å². The Labute approximate surface area is 76.7 Å². The third kappa shape index (κ3) is 9.52. The normalized spacial score (nSPS) is 9.67. The van der Waals surface area contributed by atoms with Crippen molar-refractivity contribution in [3.63, 3.8) is 0 Å². The van der Waals surface area contributed by atoms with Crippen LogP contribution in [0.15, 0.2) is 0 Å². The first-order valence-corrected chi connectivity index (χ1v) is 4.93. The summed E-state index contributed by atoms with van der Waals surface area (Å²) in [6.45, 7) is 5.05. The molecule has 1 nitrogen and oxygen atoms in total. The summed E-state index contributed by atoms with van der Waals surface area (Å²) in [5.74, 6) is 6.77. The van der Waals surface area contributed by atoms with E-state index in [0.29, 0.717) is 6.54 Å². The van der Waals surface area contributed by atoms with Gasteiger partial charge >= 0.3 is 0 Å². The van der Waals surface area contributed by atoms with E-state index >= 15 is 0 Å². The number of hydrogen-bond acceptors (Lipinski definition) is 1. The molecule has 1 heteroatoms. The Morgan fingerprint density at radius 2 is 1.83 bits per heavy atom. The van der Waals surface area contributed by atoms with Crippen molar-refractivity contribution in [2.45, 2.75) is 46.0 Å². The average molecular weight is 167 g/mol. The lowest BCUT2D eigenvalue weighted by Gasteiger charge is -2.01. The van der Waals surface area contributed by atoms with E-state index in [2.05, 4.69) is 25.7 Å². The SMILES string of the molecule is CC(C)CCCCCC#CCN. The summed E-state index contributed by atoms with van der Waals surface area (Å²) < 4.78 is 0. The van der Waals surface area contributed by atoms with E-state index in [-0.39, 0.29) is 0 Å². The average Bonchev–Trinajstić information content (AvgIpc) is 2.02. The minimum Gasteiger partial charge on any atom is -0.320 e. The molecule has 0 aromatic rings. The quantitative estimate of drug-likeness (QED) is 0.494. The Morgan fingerprint density at radius 1 is 1.08 bits per heavy atom. The highest BCUT2D eigenvalue weighted by Crippen LogP contribution is 2.08. The van der Waals surface area contributed by atoms with Crippen molar-refractivity contribution in [1.82, 2.24) is 0 Å². The van der Waals surface area contributed by atoms with Crippen molar-refractivity contribution < 1.29 is 0 Å². The number of rotatable bonds is 5. The molecule has 0 radical (unpaired) electrons. The highest BCUT2D eigenvalue weighted by atomic mass is 14.5. The van der Waals surface area contributed by atoms with Crippen LogP contribution in [-0.4, -0.2) is 6.54 Å². The van der Waals surface area contributed by atoms with Crippen molar-refractivity contribution in [3.8, 4) is 11.8 Å². The fourth-order valence-electron chi connectivity index (χ4n) is 1.10. The van der Waals surface area contributed by atoms with Crippen LogP contribution in [0, 0.1) is 17.8 Å². The summed E-state index contributed by atoms with van der Waals surface area (Å²) in [5, 5.41) is 0. The molecule has 0 amide bonds. The zero-order chi connectivity index (χ0) is 9.23. The van der Waals surface area contributed by atoms with Crippen molar-refractivity contribution in [2.24, 2.45) is 11.7 Å². The fourth-order valence-corrected chi connectivity index (χ4v) is 1.10. The molecule has 2 N–H and O–H groups in total. The van der Waals surface area contributed by atoms with E-state index in [1.54, 1.807) is 0 Å². The lowest BCUT2D eigenvalue weighted by atomic mass is 10.0. The van der Waals surface area contributed by atoms with Crippen LogP contribution >= 0.6 is 0 Å². The smallest absolute Gasteiger partial charge is 0.0551 e. The van der Waals surface area contributed by atoms with E-state index in [1.165, 1.54) is 25.7 Å². The molecule has 0 fully saturated rings. The standard InChI is InChI=1S/C11H21N/c1-11(2)9-7-5-3-4-6-8-10-12/h11H,3-5,7,9-10,12H2,1-2H3. The second-order valence-electron chi connectivity index (χ2n) is 3.55. The Balaban J connectivity index is 3.01. The molecule has 12 heavy (non-hydrogen) atoms. The van der Waals surface area contributed by atoms with Gasteiger partial charge < -0.3 is 5.73 Å². The third-order valence-electron chi connectivity index (χ3n) is 1.81. The van der Waals surface area contributed by atoms with Crippen LogP contribution in [0.5, 0.6) is 0 Å². The zero-order valence-corrected chi connectivity index (χ0v) is 8.40. The van der Waals surface area contributed by atoms with Crippen LogP contribution in [0.3, 0.4) is 0 Å². The van der Waals surface area contributed by atoms with E-state index in [1.807, 2.05) is 0 Å². The first-order chi connectivity index (χ1) is 5.77. The van der Waals surface area contributed by atoms with Crippen molar-refractivity contribution >= 4 is 0 Å². The summed E-state index contributed by atoms with van der Waals surface area (Å²) in [4.78, 5) is 0. The largest absolute Gasteiger partial charge is 0.320 e. The Hall–Kier alpha value is -0.480. The minimum atomic E-state index is 0.506. The van der Waals surface area contributed by atoms with Gasteiger partial charge in [-0.1, -0.05) is 39.0 Å². The topological polar surface area (TPSA) is 26.0 Å². The lowest BCUT2D eigenvalue weighted by Crippen LogP contribution is -1.92. The molecule has 0 rings (SSSR count). The molecule has 0 unspecified atom stereocenters. The molecule has 0 atom stereocenters. The van der Waals surface area contributed by atoms with E-state index in [4.69, 9.17) is 5.73 Å². The van der Waals surface area contributed by atoms with Gasteiger partial charge in [-0.3, -0.25) is 0 Å². The van der Waals surface area contributed by atoms with E-state index < -0.39 is 0 Å². The Kier molecular flexibility index (Phi) is 8.27. The van der Waals surface area contributed by atoms with Crippen LogP contribution in [0.4, 0.5) is 0 Å². The fraction of sp³-hybridized carbons (Fsp3) is 0.818. The first-order valence-electron chi connectivity index (χ1n) is 4.93. The minimum absolute atomic E-state index is 0.506. The van der Waals surface area contributed by atoms with Gasteiger partial charge in [0.25, 0.3) is 0 Å². The molecule has 0 saturated carbocycles. The molecule has 0 aliphatic heterocycles. The molecule has 0 aromatic heterocycles. The maximum absolute atomic E-state index is 5.24. The van der Waals surface area contributed by atoms with E-state index in [9.17, 15) is 0 Å². The van der Waals surface area contributed by atoms with Crippen LogP contribution < -0.4 is 5.73 Å². The van der Waals surface area contributed by atoms with Gasteiger partial charge in [0.05, 0.1) is 6.54 Å². The summed E-state index contributed by atoms with van der Waals surface area (Å²) in [7, 11) is 0. The Bertz CT molecular complexity index is 139. The van der Waals surface area contributed by atoms with E-state index in [0.717, 1.165) is 12.3 Å². The number of hydrogen-bond donors (Lipinski definition) is 1. The molecule has 0 aliphatic rings. The van der Waals surface area contributed by atoms with Crippen LogP contribution in [0.25, 0.3) is 0 Å². The van der Waals surface area contributed by atoms with Gasteiger partial charge in [0.1, 0.15) is 0 Å². The molecular formula is C11H21N. The summed E-state index contributed by atoms with van der Waals surface area (Å²) >= 11 is 0. The highest BCUT2D eigenvalue weighted by molar-refractivity contribution is 4.99. The van der Waals surface area contributed by atoms with Gasteiger partial charge in [-0.15, -0.1) is 5.92 Å². The molecule has 0 aliphatic carbocycles. The monoisotopic (exact) mass is 167 g/mol. The maximum Gasteiger partial charge on any atom is 0.0551 e. The molecule has 0 bridgehead atoms. The van der Waals surface area contributed by atoms with Crippen LogP contribution in [0.2, 0.25) is 0 Å². The predicted molar refractivity (Wildman–Crippen MR) is 54.8 cm³/mol. The van der Waals surface area contributed by atoms with Crippen LogP contribution in [-0.2, 0) is 0 Å². The van der Waals surface area contributed by atoms with Crippen molar-refractivity contribution in [1.29, 1.82) is 0 Å². The van der Waals surface area contributed by atoms with Gasteiger partial charge in [0.15, 0.2) is 0 Å². The predicted octanol–water partition coefficient (Wildman–Crippen LogP) is 2.56. The third-order valence-corrected chi connectivity index (χ3v) is 1.81. The van der Waals surface area contributed by atoms with Crippen molar-refractivity contribution in [3.05, 3.63) is 0 Å². The molecule has 0 spiro atoms. The second-order valence-corrected chi connectivity index (χ2v) is 3.55. The maximum atomic E-state index is 5.24. The first kappa shape index (κ1) is 11.5.